The number of carbonyl (C=O) groups is 4. The fourth-order valence-corrected chi connectivity index (χ4v) is 7.20. The highest BCUT2D eigenvalue weighted by Gasteiger charge is 2.51. The first-order chi connectivity index (χ1) is 22.6. The number of unbranched alkanes of at least 4 members (excludes halogenated alkanes) is 2. The van der Waals surface area contributed by atoms with Crippen LogP contribution in [0.5, 0.6) is 11.5 Å². The molecule has 48 heavy (non-hydrogen) atoms. The maximum Gasteiger partial charge on any atom is 0.423 e. The van der Waals surface area contributed by atoms with Crippen molar-refractivity contribution in [1.82, 2.24) is 0 Å². The van der Waals surface area contributed by atoms with Gasteiger partial charge in [0, 0.05) is 10.8 Å². The molecule has 0 aliphatic heterocycles. The molecule has 2 fully saturated rings. The summed E-state index contributed by atoms with van der Waals surface area (Å²) in [6, 6.07) is 2.27. The van der Waals surface area contributed by atoms with Gasteiger partial charge in [0.05, 0.1) is 43.3 Å². The number of rotatable bonds is 14. The standard InChI is InChI=1S/C34H36Cl6O8/c1-5-7-9-17-13-33(17,3)15-45-29(41)23-25(39)19(35)11-21(37)27(23)47-31(43)32(44)48-28-22(38)12-20(36)26(40)24(28)30(42)46-16-34(4)14-18(34)10-8-6-2/h11-12,17-18H,5-10,13-16H2,1-4H3. The lowest BCUT2D eigenvalue weighted by Crippen LogP contribution is -2.28. The fraction of sp³-hybridized carbons (Fsp3) is 0.529. The summed E-state index contributed by atoms with van der Waals surface area (Å²) in [5.74, 6) is -5.51. The van der Waals surface area contributed by atoms with Crippen LogP contribution in [0.1, 0.15) is 99.8 Å². The lowest BCUT2D eigenvalue weighted by molar-refractivity contribution is -0.156. The lowest BCUT2D eigenvalue weighted by atomic mass is 10.0. The van der Waals surface area contributed by atoms with Crippen molar-refractivity contribution in [3.8, 4) is 11.5 Å². The van der Waals surface area contributed by atoms with E-state index in [2.05, 4.69) is 13.8 Å². The van der Waals surface area contributed by atoms with Crippen LogP contribution in [-0.4, -0.2) is 37.1 Å². The average Bonchev–Trinajstić information content (AvgIpc) is 3.91. The summed E-state index contributed by atoms with van der Waals surface area (Å²) in [6.45, 7) is 8.41. The molecule has 0 heterocycles. The number of hydrogen-bond acceptors (Lipinski definition) is 8. The van der Waals surface area contributed by atoms with Crippen LogP contribution in [0.25, 0.3) is 0 Å². The summed E-state index contributed by atoms with van der Waals surface area (Å²) >= 11 is 37.6. The number of benzene rings is 2. The zero-order valence-corrected chi connectivity index (χ0v) is 31.4. The van der Waals surface area contributed by atoms with Crippen LogP contribution < -0.4 is 9.47 Å². The molecule has 4 rings (SSSR count). The van der Waals surface area contributed by atoms with Gasteiger partial charge in [0.2, 0.25) is 0 Å². The number of hydrogen-bond donors (Lipinski definition) is 0. The van der Waals surface area contributed by atoms with Gasteiger partial charge in [0.25, 0.3) is 0 Å². The molecule has 8 nitrogen and oxygen atoms in total. The van der Waals surface area contributed by atoms with Crippen LogP contribution in [0.4, 0.5) is 0 Å². The second-order valence-corrected chi connectivity index (χ2v) is 15.4. The quantitative estimate of drug-likeness (QED) is 0.0807. The van der Waals surface area contributed by atoms with Crippen molar-refractivity contribution < 1.29 is 38.1 Å². The van der Waals surface area contributed by atoms with Gasteiger partial charge in [-0.25, -0.2) is 19.2 Å². The van der Waals surface area contributed by atoms with Gasteiger partial charge in [0.1, 0.15) is 11.1 Å². The Morgan fingerprint density at radius 3 is 1.33 bits per heavy atom. The second-order valence-electron chi connectivity index (χ2n) is 13.0. The largest absolute Gasteiger partial charge is 0.461 e. The van der Waals surface area contributed by atoms with E-state index in [1.165, 1.54) is 0 Å². The van der Waals surface area contributed by atoms with Crippen molar-refractivity contribution in [3.05, 3.63) is 53.4 Å². The predicted octanol–water partition coefficient (Wildman–Crippen LogP) is 10.9. The van der Waals surface area contributed by atoms with Gasteiger partial charge in [-0.15, -0.1) is 0 Å². The first-order valence-corrected chi connectivity index (χ1v) is 18.0. The van der Waals surface area contributed by atoms with Gasteiger partial charge in [0.15, 0.2) is 11.5 Å². The Labute approximate surface area is 309 Å². The highest BCUT2D eigenvalue weighted by molar-refractivity contribution is 6.47. The lowest BCUT2D eigenvalue weighted by Gasteiger charge is -2.17. The van der Waals surface area contributed by atoms with Crippen LogP contribution in [0.15, 0.2) is 12.1 Å². The molecule has 0 bridgehead atoms. The van der Waals surface area contributed by atoms with Gasteiger partial charge in [-0.2, -0.15) is 0 Å². The maximum absolute atomic E-state index is 13.2. The molecule has 2 aromatic rings. The average molecular weight is 785 g/mol. The zero-order chi connectivity index (χ0) is 35.6. The fourth-order valence-electron chi connectivity index (χ4n) is 5.76. The number of halogens is 6. The Balaban J connectivity index is 1.50. The molecule has 0 aromatic heterocycles. The van der Waals surface area contributed by atoms with E-state index in [1.54, 1.807) is 0 Å². The van der Waals surface area contributed by atoms with E-state index in [0.717, 1.165) is 63.5 Å². The molecule has 0 N–H and O–H groups in total. The molecule has 4 atom stereocenters. The van der Waals surface area contributed by atoms with Crippen LogP contribution in [0.3, 0.4) is 0 Å². The Bertz CT molecular complexity index is 1500. The van der Waals surface area contributed by atoms with Gasteiger partial charge in [-0.3, -0.25) is 0 Å². The predicted molar refractivity (Wildman–Crippen MR) is 186 cm³/mol. The molecule has 0 radical (unpaired) electrons. The smallest absolute Gasteiger partial charge is 0.423 e. The van der Waals surface area contributed by atoms with Gasteiger partial charge in [-0.1, -0.05) is 123 Å². The van der Waals surface area contributed by atoms with Crippen molar-refractivity contribution in [2.75, 3.05) is 13.2 Å². The highest BCUT2D eigenvalue weighted by Crippen LogP contribution is 2.56. The molecule has 2 aliphatic carbocycles. The third kappa shape index (κ3) is 8.85. The van der Waals surface area contributed by atoms with Crippen molar-refractivity contribution in [3.63, 3.8) is 0 Å². The summed E-state index contributed by atoms with van der Waals surface area (Å²) < 4.78 is 21.5. The van der Waals surface area contributed by atoms with Crippen molar-refractivity contribution in [1.29, 1.82) is 0 Å². The minimum atomic E-state index is -1.64. The summed E-state index contributed by atoms with van der Waals surface area (Å²) in [5.41, 5.74) is -1.31. The summed E-state index contributed by atoms with van der Waals surface area (Å²) in [6.07, 6.45) is 8.06. The molecule has 14 heteroatoms. The summed E-state index contributed by atoms with van der Waals surface area (Å²) in [7, 11) is 0. The van der Waals surface area contributed by atoms with Crippen LogP contribution in [-0.2, 0) is 19.1 Å². The second kappa shape index (κ2) is 15.9. The van der Waals surface area contributed by atoms with Gasteiger partial charge in [-0.05, 0) is 49.7 Å². The zero-order valence-electron chi connectivity index (χ0n) is 26.9. The highest BCUT2D eigenvalue weighted by atomic mass is 35.5. The third-order valence-electron chi connectivity index (χ3n) is 9.17. The minimum Gasteiger partial charge on any atom is -0.461 e. The molecule has 2 aromatic carbocycles. The molecule has 2 saturated carbocycles. The minimum absolute atomic E-state index is 0.0867. The molecule has 0 spiro atoms. The first kappa shape index (κ1) is 38.9. The number of ether oxygens (including phenoxy) is 4. The van der Waals surface area contributed by atoms with E-state index >= 15 is 0 Å². The maximum atomic E-state index is 13.2. The van der Waals surface area contributed by atoms with Crippen molar-refractivity contribution in [2.24, 2.45) is 22.7 Å². The Hall–Kier alpha value is -1.94. The van der Waals surface area contributed by atoms with Gasteiger partial charge < -0.3 is 18.9 Å². The third-order valence-corrected chi connectivity index (χ3v) is 11.3. The van der Waals surface area contributed by atoms with E-state index in [9.17, 15) is 19.2 Å². The van der Waals surface area contributed by atoms with Crippen molar-refractivity contribution >= 4 is 93.5 Å². The first-order valence-electron chi connectivity index (χ1n) is 15.7. The molecular weight excluding hydrogens is 749 g/mol. The Kier molecular flexibility index (Phi) is 12.9. The van der Waals surface area contributed by atoms with Gasteiger partial charge >= 0.3 is 23.9 Å². The van der Waals surface area contributed by atoms with Crippen molar-refractivity contribution in [2.45, 2.75) is 79.1 Å². The van der Waals surface area contributed by atoms with Crippen LogP contribution in [0, 0.1) is 22.7 Å². The number of carbonyl (C=O) groups excluding carboxylic acids is 4. The molecule has 0 amide bonds. The van der Waals surface area contributed by atoms with E-state index < -0.39 is 46.5 Å². The SMILES string of the molecule is CCCCC1CC1(C)COC(=O)c1c(Cl)c(Cl)cc(Cl)c1OC(=O)C(=O)Oc1c(Cl)cc(Cl)c(Cl)c1C(=O)OCC1(C)CC1CCCC. The summed E-state index contributed by atoms with van der Waals surface area (Å²) in [4.78, 5) is 52.6. The van der Waals surface area contributed by atoms with Crippen LogP contribution >= 0.6 is 69.6 Å². The molecule has 262 valence electrons. The molecule has 4 unspecified atom stereocenters. The molecule has 2 aliphatic rings. The van der Waals surface area contributed by atoms with E-state index in [0.29, 0.717) is 11.8 Å². The topological polar surface area (TPSA) is 105 Å². The normalized spacial score (nSPS) is 22.5. The monoisotopic (exact) mass is 782 g/mol. The van der Waals surface area contributed by atoms with E-state index in [4.69, 9.17) is 88.6 Å². The molecular formula is C34H36Cl6O8. The molecule has 0 saturated heterocycles. The van der Waals surface area contributed by atoms with E-state index in [-0.39, 0.29) is 54.2 Å². The van der Waals surface area contributed by atoms with Crippen LogP contribution in [0.2, 0.25) is 30.1 Å². The Morgan fingerprint density at radius 1 is 0.646 bits per heavy atom. The Morgan fingerprint density at radius 2 is 1.00 bits per heavy atom. The number of esters is 4. The summed E-state index contributed by atoms with van der Waals surface area (Å²) in [5, 5.41) is -1.44. The van der Waals surface area contributed by atoms with E-state index in [1.807, 2.05) is 13.8 Å².